The maximum absolute atomic E-state index is 11.9. The molecule has 1 aromatic rings. The molecule has 28 heavy (non-hydrogen) atoms. The van der Waals surface area contributed by atoms with Crippen molar-refractivity contribution >= 4 is 11.9 Å². The first kappa shape index (κ1) is 22.2. The summed E-state index contributed by atoms with van der Waals surface area (Å²) in [6, 6.07) is 11.3. The summed E-state index contributed by atoms with van der Waals surface area (Å²) in [4.78, 5) is 21.2. The lowest BCUT2D eigenvalue weighted by atomic mass is 9.96. The van der Waals surface area contributed by atoms with E-state index in [-0.39, 0.29) is 11.3 Å². The van der Waals surface area contributed by atoms with Crippen molar-refractivity contribution in [1.82, 2.24) is 20.4 Å². The number of guanidine groups is 1. The lowest BCUT2D eigenvalue weighted by Gasteiger charge is -2.40. The van der Waals surface area contributed by atoms with Gasteiger partial charge in [0.2, 0.25) is 5.91 Å². The molecule has 0 spiro atoms. The Morgan fingerprint density at radius 1 is 1.07 bits per heavy atom. The minimum absolute atomic E-state index is 0.0735. The number of rotatable bonds is 6. The van der Waals surface area contributed by atoms with Crippen molar-refractivity contribution in [1.29, 1.82) is 0 Å². The maximum atomic E-state index is 11.9. The molecule has 1 aliphatic heterocycles. The Balaban J connectivity index is 1.80. The van der Waals surface area contributed by atoms with Crippen LogP contribution in [-0.2, 0) is 4.79 Å². The Morgan fingerprint density at radius 3 is 2.21 bits per heavy atom. The van der Waals surface area contributed by atoms with Crippen LogP contribution in [0.3, 0.4) is 0 Å². The van der Waals surface area contributed by atoms with E-state index >= 15 is 0 Å². The van der Waals surface area contributed by atoms with E-state index in [0.29, 0.717) is 19.1 Å². The molecule has 2 N–H and O–H groups in total. The van der Waals surface area contributed by atoms with Crippen LogP contribution in [0.5, 0.6) is 0 Å². The van der Waals surface area contributed by atoms with Gasteiger partial charge in [-0.05, 0) is 12.0 Å². The fourth-order valence-electron chi connectivity index (χ4n) is 3.57. The van der Waals surface area contributed by atoms with E-state index in [4.69, 9.17) is 0 Å². The Morgan fingerprint density at radius 2 is 1.68 bits per heavy atom. The van der Waals surface area contributed by atoms with Gasteiger partial charge in [-0.1, -0.05) is 58.0 Å². The summed E-state index contributed by atoms with van der Waals surface area (Å²) in [6.45, 7) is 13.3. The van der Waals surface area contributed by atoms with Gasteiger partial charge in [-0.15, -0.1) is 0 Å². The first-order valence-corrected chi connectivity index (χ1v) is 10.4. The molecule has 1 aromatic carbocycles. The highest BCUT2D eigenvalue weighted by molar-refractivity contribution is 5.82. The molecule has 1 heterocycles. The average molecular weight is 388 g/mol. The highest BCUT2D eigenvalue weighted by atomic mass is 16.2. The second-order valence-corrected chi connectivity index (χ2v) is 8.34. The summed E-state index contributed by atoms with van der Waals surface area (Å²) in [7, 11) is 1.82. The van der Waals surface area contributed by atoms with E-state index in [9.17, 15) is 4.79 Å². The maximum Gasteiger partial charge on any atom is 0.225 e. The van der Waals surface area contributed by atoms with E-state index in [1.54, 1.807) is 0 Å². The van der Waals surface area contributed by atoms with Gasteiger partial charge in [-0.3, -0.25) is 14.7 Å². The largest absolute Gasteiger partial charge is 0.354 e. The van der Waals surface area contributed by atoms with Gasteiger partial charge in [0, 0.05) is 57.8 Å². The second-order valence-electron chi connectivity index (χ2n) is 8.34. The quantitative estimate of drug-likeness (QED) is 0.447. The molecule has 2 rings (SSSR count). The monoisotopic (exact) mass is 387 g/mol. The third kappa shape index (κ3) is 6.23. The Kier molecular flexibility index (Phi) is 8.30. The Bertz CT molecular complexity index is 630. The second kappa shape index (κ2) is 10.5. The Hall–Kier alpha value is -2.08. The molecule has 1 fully saturated rings. The number of nitrogens with zero attached hydrogens (tertiary/aromatic N) is 3. The first-order chi connectivity index (χ1) is 13.4. The number of amides is 1. The van der Waals surface area contributed by atoms with Crippen molar-refractivity contribution < 1.29 is 4.79 Å². The van der Waals surface area contributed by atoms with E-state index in [1.807, 2.05) is 27.8 Å². The van der Waals surface area contributed by atoms with Crippen molar-refractivity contribution in [3.8, 4) is 0 Å². The van der Waals surface area contributed by atoms with Crippen molar-refractivity contribution in [2.45, 2.75) is 40.2 Å². The minimum atomic E-state index is -0.355. The average Bonchev–Trinajstić information content (AvgIpc) is 2.69. The molecular formula is C22H37N5O. The molecular weight excluding hydrogens is 350 g/mol. The van der Waals surface area contributed by atoms with Crippen LogP contribution in [0.1, 0.15) is 45.7 Å². The summed E-state index contributed by atoms with van der Waals surface area (Å²) in [5.74, 6) is 0.988. The van der Waals surface area contributed by atoms with E-state index in [0.717, 1.165) is 38.6 Å². The van der Waals surface area contributed by atoms with Gasteiger partial charge in [0.15, 0.2) is 5.96 Å². The summed E-state index contributed by atoms with van der Waals surface area (Å²) >= 11 is 0. The molecule has 1 atom stereocenters. The molecule has 1 saturated heterocycles. The predicted molar refractivity (Wildman–Crippen MR) is 116 cm³/mol. The van der Waals surface area contributed by atoms with Gasteiger partial charge in [0.1, 0.15) is 0 Å². The Labute approximate surface area is 170 Å². The van der Waals surface area contributed by atoms with Gasteiger partial charge in [0.05, 0.1) is 0 Å². The topological polar surface area (TPSA) is 60.0 Å². The summed E-state index contributed by atoms with van der Waals surface area (Å²) in [5.41, 5.74) is 1.04. The van der Waals surface area contributed by atoms with Gasteiger partial charge < -0.3 is 15.5 Å². The fraction of sp³-hybridized carbons (Fsp3) is 0.636. The smallest absolute Gasteiger partial charge is 0.225 e. The standard InChI is InChI=1S/C22H37N5O/c1-6-19(18-10-8-7-9-11-18)26-14-16-27(17-15-26)21(23-5)25-13-12-24-20(28)22(2,3)4/h7-11,19H,6,12-17H2,1-5H3,(H,23,25)(H,24,28). The molecule has 6 heteroatoms. The number of carbonyl (C=O) groups excluding carboxylic acids is 1. The zero-order chi connectivity index (χ0) is 20.6. The SMILES string of the molecule is CCC(c1ccccc1)N1CCN(C(=NC)NCCNC(=O)C(C)(C)C)CC1. The summed E-state index contributed by atoms with van der Waals surface area (Å²) in [5, 5.41) is 6.35. The molecule has 0 saturated carbocycles. The third-order valence-electron chi connectivity index (χ3n) is 5.21. The molecule has 0 radical (unpaired) electrons. The van der Waals surface area contributed by atoms with E-state index < -0.39 is 0 Å². The molecule has 0 aromatic heterocycles. The molecule has 1 amide bonds. The third-order valence-corrected chi connectivity index (χ3v) is 5.21. The zero-order valence-corrected chi connectivity index (χ0v) is 18.2. The number of hydrogen-bond acceptors (Lipinski definition) is 3. The highest BCUT2D eigenvalue weighted by Gasteiger charge is 2.25. The lowest BCUT2D eigenvalue weighted by Crippen LogP contribution is -2.53. The number of benzene rings is 1. The number of piperazine rings is 1. The van der Waals surface area contributed by atoms with Crippen molar-refractivity contribution in [3.63, 3.8) is 0 Å². The van der Waals surface area contributed by atoms with Crippen LogP contribution in [0.15, 0.2) is 35.3 Å². The molecule has 0 aliphatic carbocycles. The number of carbonyl (C=O) groups is 1. The zero-order valence-electron chi connectivity index (χ0n) is 18.2. The fourth-order valence-corrected chi connectivity index (χ4v) is 3.57. The minimum Gasteiger partial charge on any atom is -0.354 e. The lowest BCUT2D eigenvalue weighted by molar-refractivity contribution is -0.128. The summed E-state index contributed by atoms with van der Waals surface area (Å²) < 4.78 is 0. The van der Waals surface area contributed by atoms with Gasteiger partial charge in [-0.25, -0.2) is 0 Å². The molecule has 0 bridgehead atoms. The predicted octanol–water partition coefficient (Wildman–Crippen LogP) is 2.49. The van der Waals surface area contributed by atoms with E-state index in [1.165, 1.54) is 5.56 Å². The summed E-state index contributed by atoms with van der Waals surface area (Å²) in [6.07, 6.45) is 1.12. The van der Waals surface area contributed by atoms with Gasteiger partial charge >= 0.3 is 0 Å². The molecule has 1 aliphatic rings. The van der Waals surface area contributed by atoms with Crippen LogP contribution in [0, 0.1) is 5.41 Å². The van der Waals surface area contributed by atoms with Crippen LogP contribution < -0.4 is 10.6 Å². The van der Waals surface area contributed by atoms with Gasteiger partial charge in [0.25, 0.3) is 0 Å². The highest BCUT2D eigenvalue weighted by Crippen LogP contribution is 2.25. The van der Waals surface area contributed by atoms with Crippen molar-refractivity contribution in [3.05, 3.63) is 35.9 Å². The molecule has 1 unspecified atom stereocenters. The number of hydrogen-bond donors (Lipinski definition) is 2. The normalized spacial score (nSPS) is 17.3. The number of aliphatic imine (C=N–C) groups is 1. The van der Waals surface area contributed by atoms with Crippen molar-refractivity contribution in [2.75, 3.05) is 46.3 Å². The number of nitrogens with one attached hydrogen (secondary N) is 2. The van der Waals surface area contributed by atoms with Crippen molar-refractivity contribution in [2.24, 2.45) is 10.4 Å². The van der Waals surface area contributed by atoms with E-state index in [2.05, 4.69) is 62.7 Å². The first-order valence-electron chi connectivity index (χ1n) is 10.4. The van der Waals surface area contributed by atoms with Crippen LogP contribution in [0.2, 0.25) is 0 Å². The molecule has 6 nitrogen and oxygen atoms in total. The molecule has 156 valence electrons. The van der Waals surface area contributed by atoms with Gasteiger partial charge in [-0.2, -0.15) is 0 Å². The van der Waals surface area contributed by atoms with Crippen LogP contribution >= 0.6 is 0 Å². The van der Waals surface area contributed by atoms with Crippen LogP contribution in [0.4, 0.5) is 0 Å². The van der Waals surface area contributed by atoms with Crippen LogP contribution in [0.25, 0.3) is 0 Å². The van der Waals surface area contributed by atoms with Crippen LogP contribution in [-0.4, -0.2) is 68.0 Å².